The van der Waals surface area contributed by atoms with Crippen molar-refractivity contribution in [2.75, 3.05) is 20.3 Å². The molecule has 29 nitrogen and oxygen atoms in total. The largest absolute Gasteiger partial charge is 0.586 e. The van der Waals surface area contributed by atoms with Crippen LogP contribution in [0.2, 0.25) is 0 Å². The van der Waals surface area contributed by atoms with Gasteiger partial charge < -0.3 is 118 Å². The van der Waals surface area contributed by atoms with E-state index in [1.807, 2.05) is 117 Å². The number of cyclic esters (lactones) is 5. The summed E-state index contributed by atoms with van der Waals surface area (Å²) in [7, 11) is 0. The first-order chi connectivity index (χ1) is 65.1. The highest BCUT2D eigenvalue weighted by Crippen LogP contribution is 2.55. The zero-order chi connectivity index (χ0) is 94.2. The molecule has 0 spiro atoms. The normalized spacial score (nSPS) is 13.7. The Balaban J connectivity index is 0.000000322. The number of hydrogen-bond acceptors (Lipinski definition) is 29. The van der Waals surface area contributed by atoms with Crippen LogP contribution in [0.1, 0.15) is 238 Å². The van der Waals surface area contributed by atoms with Crippen molar-refractivity contribution in [2.24, 2.45) is 0 Å². The molecule has 24 rings (SSSR count). The van der Waals surface area contributed by atoms with Crippen LogP contribution in [-0.4, -0.2) is 113 Å². The smallest absolute Gasteiger partial charge is 0.507 e. The van der Waals surface area contributed by atoms with Gasteiger partial charge in [-0.25, -0.2) is 24.0 Å². The van der Waals surface area contributed by atoms with Crippen molar-refractivity contribution in [3.63, 3.8) is 0 Å². The fourth-order valence-corrected chi connectivity index (χ4v) is 18.2. The van der Waals surface area contributed by atoms with E-state index in [1.54, 1.807) is 42.5 Å². The predicted molar refractivity (Wildman–Crippen MR) is 571 cm³/mol. The third-order valence-corrected chi connectivity index (χ3v) is 24.8. The third-order valence-electron chi connectivity index (χ3n) is 24.8. The molecule has 0 unspecified atom stereocenters. The number of halogens is 2. The molecular weight excluding hydrogens is 1910 g/mol. The minimum absolute atomic E-state index is 0. The third kappa shape index (κ3) is 20.6. The molecule has 0 fully saturated rings. The molecule has 0 aliphatic carbocycles. The summed E-state index contributed by atoms with van der Waals surface area (Å²) in [5.41, 5.74) is 14.9. The Hall–Kier alpha value is -16.0. The lowest BCUT2D eigenvalue weighted by molar-refractivity contribution is -0.286. The van der Waals surface area contributed by atoms with E-state index in [0.29, 0.717) is 161 Å². The van der Waals surface area contributed by atoms with Crippen LogP contribution in [0.3, 0.4) is 0 Å². The van der Waals surface area contributed by atoms with E-state index < -0.39 is 42.9 Å². The number of aliphatic hydroxyl groups excluding tert-OH is 6. The van der Waals surface area contributed by atoms with Gasteiger partial charge in [-0.2, -0.15) is 0 Å². The number of ether oxygens (including phenoxy) is 13. The minimum Gasteiger partial charge on any atom is -0.507 e. The van der Waals surface area contributed by atoms with Crippen LogP contribution in [-0.2, 0) is 96.4 Å². The SMILES string of the molecule is C.C.C.C.C.C.C.C.C.C.C.C.C.C.C.Cc1cc2c(O)c3c(c(-c4ccc5c(c4)OCO5)c2cc1C)C(=O)OC3.O=C1OCc2c1c(-c1ccc3c(c1)OC(F)(F)O3)c1cc(CO)c(CO)cc1c2O.O=C1OCc2c1c(-c1ccc3c(c1)OCO3)c1ccccc1c2O.O=C1OCc2c1c(-c1ccccc1)c1cc(CO)c(CO)cc1c2O.[2H]C1([2H])Oc2ccc(-c3c4c(c(O)c5cc(CO)c(CO)cc35)COC4=O)cc2O1. The number of aryl methyl sites for hydroxylation is 2. The molecule has 11 N–H and O–H groups in total. The number of phenols is 5. The van der Waals surface area contributed by atoms with Gasteiger partial charge in [0.2, 0.25) is 20.3 Å². The quantitative estimate of drug-likeness (QED) is 0.0423. The van der Waals surface area contributed by atoms with Crippen LogP contribution in [0.25, 0.3) is 109 Å². The van der Waals surface area contributed by atoms with Gasteiger partial charge in [-0.3, -0.25) is 0 Å². The molecule has 0 saturated heterocycles. The number of carbonyl (C=O) groups excluding carboxylic acids is 5. The molecule has 0 aromatic heterocycles. The maximum absolute atomic E-state index is 13.4. The molecule has 15 aromatic carbocycles. The van der Waals surface area contributed by atoms with Gasteiger partial charge in [0.05, 0.1) is 67.5 Å². The van der Waals surface area contributed by atoms with Gasteiger partial charge in [-0.15, -0.1) is 8.78 Å². The summed E-state index contributed by atoms with van der Waals surface area (Å²) < 4.78 is 109. The van der Waals surface area contributed by atoms with E-state index in [0.717, 1.165) is 55.1 Å². The van der Waals surface area contributed by atoms with E-state index >= 15 is 0 Å². The van der Waals surface area contributed by atoms with Crippen LogP contribution >= 0.6 is 0 Å². The lowest BCUT2D eigenvalue weighted by atomic mass is 9.87. The van der Waals surface area contributed by atoms with E-state index in [9.17, 15) is 88.9 Å². The maximum atomic E-state index is 13.4. The molecule has 31 heteroatoms. The number of alkyl halides is 2. The molecule has 9 heterocycles. The second kappa shape index (κ2) is 48.3. The van der Waals surface area contributed by atoms with E-state index in [2.05, 4.69) is 9.47 Å². The van der Waals surface area contributed by atoms with Crippen molar-refractivity contribution in [1.82, 2.24) is 0 Å². The highest BCUT2D eigenvalue weighted by atomic mass is 19.3. The Bertz CT molecular complexity index is 7500. The van der Waals surface area contributed by atoms with Gasteiger partial charge in [0.15, 0.2) is 46.0 Å². The van der Waals surface area contributed by atoms with Gasteiger partial charge in [0, 0.05) is 82.6 Å². The highest BCUT2D eigenvalue weighted by molar-refractivity contribution is 6.19. The molecule has 0 amide bonds. The highest BCUT2D eigenvalue weighted by Gasteiger charge is 2.45. The summed E-state index contributed by atoms with van der Waals surface area (Å²) >= 11 is 0. The topological polar surface area (TPSA) is 428 Å². The number of phenolic OH excluding ortho intramolecular Hbond substituents is 5. The molecule has 15 aromatic rings. The van der Waals surface area contributed by atoms with Gasteiger partial charge in [0.1, 0.15) is 64.5 Å². The lowest BCUT2D eigenvalue weighted by Gasteiger charge is -2.16. The van der Waals surface area contributed by atoms with Gasteiger partial charge >= 0.3 is 36.1 Å². The van der Waals surface area contributed by atoms with Crippen molar-refractivity contribution in [3.8, 4) is 130 Å². The van der Waals surface area contributed by atoms with Crippen molar-refractivity contribution in [1.29, 1.82) is 0 Å². The second-order valence-electron chi connectivity index (χ2n) is 32.0. The Morgan fingerprint density at radius 1 is 0.250 bits per heavy atom. The Morgan fingerprint density at radius 2 is 0.486 bits per heavy atom. The van der Waals surface area contributed by atoms with Crippen LogP contribution in [0.15, 0.2) is 176 Å². The predicted octanol–water partition coefficient (Wildman–Crippen LogP) is 26.0. The first kappa shape index (κ1) is 119. The Labute approximate surface area is 863 Å². The summed E-state index contributed by atoms with van der Waals surface area (Å²) in [4.78, 5) is 62.1. The average molecular weight is 2040 g/mol. The number of rotatable bonds is 11. The first-order valence-corrected chi connectivity index (χ1v) is 41.4. The molecule has 9 aliphatic rings. The fraction of sp³-hybridized carbons (Fsp3) is 0.274. The molecule has 0 bridgehead atoms. The molecule has 9 aliphatic heterocycles. The number of aromatic hydroxyl groups is 5. The molecule has 148 heavy (non-hydrogen) atoms. The molecule has 0 saturated carbocycles. The molecule has 0 radical (unpaired) electrons. The summed E-state index contributed by atoms with van der Waals surface area (Å²) in [6, 6.07) is 50.5. The van der Waals surface area contributed by atoms with Gasteiger partial charge in [-0.05, 0) is 204 Å². The molecular formula is C117H134F2O29. The number of carbonyl (C=O) groups is 5. The second-order valence-corrected chi connectivity index (χ2v) is 32.0. The summed E-state index contributed by atoms with van der Waals surface area (Å²) in [5.74, 6) is 0.0481. The van der Waals surface area contributed by atoms with Gasteiger partial charge in [-0.1, -0.05) is 196 Å². The first-order valence-electron chi connectivity index (χ1n) is 42.4. The average Bonchev–Trinajstić information content (AvgIpc) is 1.54. The van der Waals surface area contributed by atoms with E-state index in [4.69, 9.17) is 54.8 Å². The Kier molecular flexibility index (Phi) is 38.8. The Morgan fingerprint density at radius 3 is 0.824 bits per heavy atom. The monoisotopic (exact) mass is 2040 g/mol. The molecule has 790 valence electrons. The number of hydrogen-bond donors (Lipinski definition) is 11. The summed E-state index contributed by atoms with van der Waals surface area (Å²) in [6.07, 6.45) is -3.79. The summed E-state index contributed by atoms with van der Waals surface area (Å²) in [5, 5.41) is 117. The maximum Gasteiger partial charge on any atom is 0.586 e. The number of benzene rings is 15. The lowest BCUT2D eigenvalue weighted by Crippen LogP contribution is -2.25. The number of aliphatic hydroxyl groups is 6. The van der Waals surface area contributed by atoms with Crippen LogP contribution in [0.5, 0.6) is 74.7 Å². The van der Waals surface area contributed by atoms with Crippen molar-refractivity contribution < 1.29 is 153 Å². The zero-order valence-corrected chi connectivity index (χ0v) is 70.0. The summed E-state index contributed by atoms with van der Waals surface area (Å²) in [6.45, 7) is 0.129. The fourth-order valence-electron chi connectivity index (χ4n) is 18.2. The number of fused-ring (bicyclic) bond motifs is 14. The van der Waals surface area contributed by atoms with Crippen LogP contribution < -0.4 is 37.9 Å². The standard InChI is InChI=1S/C21H14F2O7.C21H16O7.C21H16O5.C20H16O5.C19H12O5.15CH4/c22-21(23)29-15-2-1-9(5-16(15)30-21)17-12-3-10(6-24)11(7-25)4-13(12)19(26)14-8-28-20(27)18(14)17;22-6-11-3-13-14(4-12(11)7-23)20(24)15-8-26-21(25)19(15)18(13)10-1-2-16-17(5-10)28-9-27-16;1-10-5-13-14(6-11(10)2)20(22)15-8-24-21(23)19(15)18(13)12-3-4-16-17(7-12)26-9-25-16;21-8-12-6-14-15(7-13(12)9-22)19(23)16-10-25-20(24)18(16)17(14)11-4-2-1-3-5-11;20-18-12-4-2-1-3-11(12)16(17-13(18)8-22-19(17)21)10-5-6-14-15(7-10)24-9-23-14;;;;;;;;;;;;;;;/h1-5,24-26H,6-8H2;1-5,22-24H,6-9H2;3-7,22H,8-9H2,1-2H3;1-7,21-23H,8-10H2;1-7,20H,8-9H2;15*1H4/i;9D2;;;;;;;;;;;;;;;;;;. The van der Waals surface area contributed by atoms with Gasteiger partial charge in [0.25, 0.3) is 0 Å². The van der Waals surface area contributed by atoms with E-state index in [1.165, 1.54) is 30.3 Å². The van der Waals surface area contributed by atoms with Crippen LogP contribution in [0, 0.1) is 13.8 Å². The van der Waals surface area contributed by atoms with Crippen LogP contribution in [0.4, 0.5) is 8.78 Å². The zero-order valence-electron chi connectivity index (χ0n) is 72.0. The van der Waals surface area contributed by atoms with E-state index in [-0.39, 0.29) is 266 Å². The number of esters is 5. The van der Waals surface area contributed by atoms with Crippen molar-refractivity contribution in [2.45, 2.75) is 204 Å². The minimum atomic E-state index is -3.79. The molecule has 0 atom stereocenters. The van der Waals surface area contributed by atoms with Crippen molar-refractivity contribution in [3.05, 3.63) is 276 Å². The van der Waals surface area contributed by atoms with Crippen molar-refractivity contribution >= 4 is 83.7 Å².